The van der Waals surface area contributed by atoms with E-state index in [1.54, 1.807) is 0 Å². The summed E-state index contributed by atoms with van der Waals surface area (Å²) in [4.78, 5) is 12.2. The number of hydrogen-bond acceptors (Lipinski definition) is 3. The van der Waals surface area contributed by atoms with Crippen LogP contribution >= 0.6 is 0 Å². The number of carbonyl (C=O) groups is 1. The van der Waals surface area contributed by atoms with Crippen LogP contribution in [-0.2, 0) is 28.9 Å². The highest BCUT2D eigenvalue weighted by Gasteiger charge is 2.20. The van der Waals surface area contributed by atoms with E-state index in [0.29, 0.717) is 19.6 Å². The molecule has 2 aliphatic rings. The van der Waals surface area contributed by atoms with Gasteiger partial charge in [0.2, 0.25) is 5.91 Å². The van der Waals surface area contributed by atoms with E-state index in [9.17, 15) is 4.79 Å². The van der Waals surface area contributed by atoms with Gasteiger partial charge in [-0.3, -0.25) is 4.79 Å². The van der Waals surface area contributed by atoms with Crippen LogP contribution in [0.5, 0.6) is 0 Å². The number of rotatable bonds is 5. The number of carbonyl (C=O) groups excluding carboxylic acids is 1. The number of nitrogens with zero attached hydrogens (tertiary/aromatic N) is 1. The van der Waals surface area contributed by atoms with Gasteiger partial charge in [0.1, 0.15) is 0 Å². The van der Waals surface area contributed by atoms with Gasteiger partial charge < -0.3 is 19.9 Å². The summed E-state index contributed by atoms with van der Waals surface area (Å²) in [7, 11) is 0. The van der Waals surface area contributed by atoms with Crippen molar-refractivity contribution in [2.45, 2.75) is 45.2 Å². The number of amides is 1. The van der Waals surface area contributed by atoms with E-state index in [0.717, 1.165) is 26.1 Å². The molecule has 3 heterocycles. The topological polar surface area (TPSA) is 55.3 Å². The summed E-state index contributed by atoms with van der Waals surface area (Å²) in [5, 5.41) is 7.78. The number of morpholine rings is 1. The van der Waals surface area contributed by atoms with Crippen molar-refractivity contribution in [1.82, 2.24) is 15.2 Å². The molecule has 2 aliphatic heterocycles. The summed E-state index contributed by atoms with van der Waals surface area (Å²) in [5.74, 6) is 0.106. The molecule has 5 nitrogen and oxygen atoms in total. The van der Waals surface area contributed by atoms with E-state index in [1.807, 2.05) is 0 Å². The third-order valence-corrected chi connectivity index (χ3v) is 5.51. The van der Waals surface area contributed by atoms with Gasteiger partial charge in [0.25, 0.3) is 0 Å². The highest BCUT2D eigenvalue weighted by Crippen LogP contribution is 2.32. The molecule has 0 aliphatic carbocycles. The molecular formula is C20H27N3O2. The molecule has 1 amide bonds. The lowest BCUT2D eigenvalue weighted by atomic mass is 10.0. The Hall–Kier alpha value is -1.85. The number of aromatic nitrogens is 1. The molecule has 0 radical (unpaired) electrons. The first-order valence-electron chi connectivity index (χ1n) is 9.41. The second-order valence-corrected chi connectivity index (χ2v) is 7.16. The molecule has 5 heteroatoms. The number of hydrogen-bond donors (Lipinski definition) is 2. The maximum Gasteiger partial charge on any atom is 0.221 e. The lowest BCUT2D eigenvalue weighted by Gasteiger charge is -2.23. The van der Waals surface area contributed by atoms with Crippen molar-refractivity contribution in [3.05, 3.63) is 35.0 Å². The van der Waals surface area contributed by atoms with Crippen molar-refractivity contribution in [2.24, 2.45) is 0 Å². The zero-order valence-electron chi connectivity index (χ0n) is 14.9. The molecule has 0 saturated carbocycles. The third-order valence-electron chi connectivity index (χ3n) is 5.51. The molecule has 1 aromatic carbocycles. The van der Waals surface area contributed by atoms with Crippen LogP contribution in [0.15, 0.2) is 18.2 Å². The van der Waals surface area contributed by atoms with Gasteiger partial charge in [-0.25, -0.2) is 0 Å². The maximum absolute atomic E-state index is 12.2. The average Bonchev–Trinajstić information content (AvgIpc) is 2.91. The van der Waals surface area contributed by atoms with Crippen molar-refractivity contribution in [3.8, 4) is 0 Å². The number of aryl methyl sites for hydroxylation is 2. The molecule has 134 valence electrons. The Morgan fingerprint density at radius 2 is 2.36 bits per heavy atom. The van der Waals surface area contributed by atoms with Crippen LogP contribution in [0.25, 0.3) is 10.9 Å². The summed E-state index contributed by atoms with van der Waals surface area (Å²) < 4.78 is 7.87. The monoisotopic (exact) mass is 341 g/mol. The fourth-order valence-corrected chi connectivity index (χ4v) is 4.28. The molecule has 2 aromatic rings. The van der Waals surface area contributed by atoms with Crippen LogP contribution in [-0.4, -0.2) is 42.8 Å². The van der Waals surface area contributed by atoms with E-state index in [2.05, 4.69) is 40.3 Å². The zero-order valence-corrected chi connectivity index (χ0v) is 14.9. The normalized spacial score (nSPS) is 20.0. The first-order chi connectivity index (χ1) is 12.2. The second-order valence-electron chi connectivity index (χ2n) is 7.16. The summed E-state index contributed by atoms with van der Waals surface area (Å²) in [5.41, 5.74) is 5.62. The Labute approximate surface area is 148 Å². The van der Waals surface area contributed by atoms with Gasteiger partial charge in [0, 0.05) is 43.2 Å². The fraction of sp³-hybridized carbons (Fsp3) is 0.550. The number of benzene rings is 1. The van der Waals surface area contributed by atoms with Crippen LogP contribution in [0.4, 0.5) is 0 Å². The molecule has 1 saturated heterocycles. The second kappa shape index (κ2) is 7.18. The van der Waals surface area contributed by atoms with Gasteiger partial charge in [0.15, 0.2) is 0 Å². The molecule has 2 N–H and O–H groups in total. The van der Waals surface area contributed by atoms with Gasteiger partial charge in [-0.15, -0.1) is 0 Å². The summed E-state index contributed by atoms with van der Waals surface area (Å²) >= 11 is 0. The summed E-state index contributed by atoms with van der Waals surface area (Å²) in [6, 6.07) is 6.80. The molecule has 0 spiro atoms. The minimum Gasteiger partial charge on any atom is -0.378 e. The SMILES string of the molecule is Cc1c(CCNC(=O)C[C@@H]2COCCN2)c2cccc3c2n1CCC3. The lowest BCUT2D eigenvalue weighted by molar-refractivity contribution is -0.122. The quantitative estimate of drug-likeness (QED) is 0.874. The molecule has 4 rings (SSSR count). The Morgan fingerprint density at radius 3 is 3.20 bits per heavy atom. The number of ether oxygens (including phenoxy) is 1. The highest BCUT2D eigenvalue weighted by atomic mass is 16.5. The van der Waals surface area contributed by atoms with Crippen LogP contribution in [0.3, 0.4) is 0 Å². The largest absolute Gasteiger partial charge is 0.378 e. The van der Waals surface area contributed by atoms with Crippen molar-refractivity contribution in [1.29, 1.82) is 0 Å². The van der Waals surface area contributed by atoms with E-state index in [-0.39, 0.29) is 11.9 Å². The predicted octanol–water partition coefficient (Wildman–Crippen LogP) is 1.93. The van der Waals surface area contributed by atoms with Crippen LogP contribution in [0.1, 0.15) is 29.7 Å². The van der Waals surface area contributed by atoms with Crippen molar-refractivity contribution in [3.63, 3.8) is 0 Å². The number of para-hydroxylation sites is 1. The fourth-order valence-electron chi connectivity index (χ4n) is 4.28. The van der Waals surface area contributed by atoms with Gasteiger partial charge >= 0.3 is 0 Å². The van der Waals surface area contributed by atoms with Crippen LogP contribution in [0.2, 0.25) is 0 Å². The Kier molecular flexibility index (Phi) is 4.77. The van der Waals surface area contributed by atoms with E-state index in [1.165, 1.54) is 40.6 Å². The highest BCUT2D eigenvalue weighted by molar-refractivity contribution is 5.88. The van der Waals surface area contributed by atoms with Crippen LogP contribution < -0.4 is 10.6 Å². The first kappa shape index (κ1) is 16.6. The van der Waals surface area contributed by atoms with Gasteiger partial charge in [-0.05, 0) is 37.3 Å². The Balaban J connectivity index is 1.41. The lowest BCUT2D eigenvalue weighted by Crippen LogP contribution is -2.44. The first-order valence-corrected chi connectivity index (χ1v) is 9.41. The molecule has 0 unspecified atom stereocenters. The van der Waals surface area contributed by atoms with E-state index >= 15 is 0 Å². The molecule has 1 atom stereocenters. The smallest absolute Gasteiger partial charge is 0.221 e. The van der Waals surface area contributed by atoms with Gasteiger partial charge in [-0.2, -0.15) is 0 Å². The Bertz CT molecular complexity index is 775. The van der Waals surface area contributed by atoms with Crippen LogP contribution in [0, 0.1) is 6.92 Å². The van der Waals surface area contributed by atoms with Gasteiger partial charge in [0.05, 0.1) is 18.7 Å². The minimum absolute atomic E-state index is 0.106. The molecule has 0 bridgehead atoms. The van der Waals surface area contributed by atoms with Gasteiger partial charge in [-0.1, -0.05) is 18.2 Å². The predicted molar refractivity (Wildman–Crippen MR) is 98.9 cm³/mol. The van der Waals surface area contributed by atoms with Crippen molar-refractivity contribution >= 4 is 16.8 Å². The number of nitrogens with one attached hydrogen (secondary N) is 2. The van der Waals surface area contributed by atoms with E-state index < -0.39 is 0 Å². The molecule has 1 fully saturated rings. The molecule has 25 heavy (non-hydrogen) atoms. The summed E-state index contributed by atoms with van der Waals surface area (Å²) in [6.45, 7) is 6.22. The maximum atomic E-state index is 12.2. The average molecular weight is 341 g/mol. The Morgan fingerprint density at radius 1 is 1.44 bits per heavy atom. The summed E-state index contributed by atoms with van der Waals surface area (Å²) in [6.07, 6.45) is 3.77. The zero-order chi connectivity index (χ0) is 17.2. The molecular weight excluding hydrogens is 314 g/mol. The van der Waals surface area contributed by atoms with Crippen molar-refractivity contribution in [2.75, 3.05) is 26.3 Å². The third kappa shape index (κ3) is 3.31. The van der Waals surface area contributed by atoms with E-state index in [4.69, 9.17) is 4.74 Å². The minimum atomic E-state index is 0.106. The standard InChI is InChI=1S/C20H27N3O2/c1-14-17(7-8-22-19(24)12-16-13-25-11-9-21-16)18-6-2-4-15-5-3-10-23(14)20(15)18/h2,4,6,16,21H,3,5,7-13H2,1H3,(H,22,24)/t16-/m1/s1. The molecule has 1 aromatic heterocycles. The van der Waals surface area contributed by atoms with Crippen molar-refractivity contribution < 1.29 is 9.53 Å².